The molecular formula is C27H32N4O4. The van der Waals surface area contributed by atoms with Gasteiger partial charge in [0, 0.05) is 11.6 Å². The predicted octanol–water partition coefficient (Wildman–Crippen LogP) is 3.92. The number of hydrogen-bond donors (Lipinski definition) is 1. The molecule has 1 saturated carbocycles. The fourth-order valence-electron chi connectivity index (χ4n) is 5.41. The molecule has 2 heterocycles. The predicted molar refractivity (Wildman–Crippen MR) is 133 cm³/mol. The Labute approximate surface area is 205 Å². The van der Waals surface area contributed by atoms with E-state index in [0.717, 1.165) is 42.3 Å². The van der Waals surface area contributed by atoms with Crippen LogP contribution in [0.1, 0.15) is 55.2 Å². The molecular weight excluding hydrogens is 444 g/mol. The quantitative estimate of drug-likeness (QED) is 0.583. The molecule has 35 heavy (non-hydrogen) atoms. The zero-order valence-corrected chi connectivity index (χ0v) is 20.5. The number of hydrogen-bond acceptors (Lipinski definition) is 5. The summed E-state index contributed by atoms with van der Waals surface area (Å²) in [6.07, 6.45) is 5.37. The summed E-state index contributed by atoms with van der Waals surface area (Å²) in [6, 6.07) is 13.4. The zero-order valence-electron chi connectivity index (χ0n) is 20.5. The minimum atomic E-state index is -1.11. The van der Waals surface area contributed by atoms with Gasteiger partial charge in [-0.05, 0) is 38.0 Å². The number of carbonyl (C=O) groups excluding carboxylic acids is 2. The maximum Gasteiger partial charge on any atom is 0.291 e. The second kappa shape index (κ2) is 9.24. The van der Waals surface area contributed by atoms with E-state index in [1.165, 1.54) is 6.42 Å². The second-order valence-electron chi connectivity index (χ2n) is 9.64. The van der Waals surface area contributed by atoms with Crippen LogP contribution < -0.4 is 14.8 Å². The SMILES string of the molecule is COc1cccc(CN2C(=O)c3nc4ccccc4n3C[C@@]2(C)C(=O)NC2CCCCC2)c1OC. The molecule has 0 unspecified atom stereocenters. The highest BCUT2D eigenvalue weighted by Gasteiger charge is 2.49. The summed E-state index contributed by atoms with van der Waals surface area (Å²) in [6.45, 7) is 2.36. The lowest BCUT2D eigenvalue weighted by Gasteiger charge is -2.44. The van der Waals surface area contributed by atoms with Crippen molar-refractivity contribution in [2.24, 2.45) is 0 Å². The third-order valence-electron chi connectivity index (χ3n) is 7.40. The number of fused-ring (bicyclic) bond motifs is 3. The molecule has 184 valence electrons. The van der Waals surface area contributed by atoms with Crippen LogP contribution in [0.5, 0.6) is 11.5 Å². The Balaban J connectivity index is 1.58. The molecule has 2 aliphatic rings. The van der Waals surface area contributed by atoms with Crippen LogP contribution in [-0.2, 0) is 17.9 Å². The number of ether oxygens (including phenoxy) is 2. The van der Waals surface area contributed by atoms with E-state index in [-0.39, 0.29) is 24.4 Å². The molecule has 0 saturated heterocycles. The van der Waals surface area contributed by atoms with Crippen molar-refractivity contribution >= 4 is 22.8 Å². The van der Waals surface area contributed by atoms with Gasteiger partial charge >= 0.3 is 0 Å². The molecule has 0 radical (unpaired) electrons. The average Bonchev–Trinajstić information content (AvgIpc) is 3.25. The molecule has 8 heteroatoms. The summed E-state index contributed by atoms with van der Waals surface area (Å²) in [5.41, 5.74) is 1.25. The van der Waals surface area contributed by atoms with Crippen molar-refractivity contribution < 1.29 is 19.1 Å². The van der Waals surface area contributed by atoms with Gasteiger partial charge in [-0.15, -0.1) is 0 Å². The Hall–Kier alpha value is -3.55. The zero-order chi connectivity index (χ0) is 24.6. The normalized spacial score (nSPS) is 20.5. The van der Waals surface area contributed by atoms with Crippen LogP contribution in [0.2, 0.25) is 0 Å². The van der Waals surface area contributed by atoms with Gasteiger partial charge in [0.15, 0.2) is 17.3 Å². The second-order valence-corrected chi connectivity index (χ2v) is 9.64. The van der Waals surface area contributed by atoms with Crippen molar-refractivity contribution in [3.05, 3.63) is 53.9 Å². The van der Waals surface area contributed by atoms with Gasteiger partial charge in [-0.3, -0.25) is 9.59 Å². The Morgan fingerprint density at radius 1 is 1.09 bits per heavy atom. The van der Waals surface area contributed by atoms with Gasteiger partial charge in [-0.1, -0.05) is 43.5 Å². The number of rotatable bonds is 6. The van der Waals surface area contributed by atoms with Crippen molar-refractivity contribution in [3.63, 3.8) is 0 Å². The smallest absolute Gasteiger partial charge is 0.291 e. The average molecular weight is 477 g/mol. The van der Waals surface area contributed by atoms with Gasteiger partial charge in [-0.2, -0.15) is 0 Å². The molecule has 1 atom stereocenters. The van der Waals surface area contributed by atoms with Gasteiger partial charge in [0.25, 0.3) is 5.91 Å². The highest BCUT2D eigenvalue weighted by atomic mass is 16.5. The minimum absolute atomic E-state index is 0.136. The summed E-state index contributed by atoms with van der Waals surface area (Å²) in [5.74, 6) is 1.06. The first kappa shape index (κ1) is 23.2. The number of methoxy groups -OCH3 is 2. The topological polar surface area (TPSA) is 85.7 Å². The van der Waals surface area contributed by atoms with Crippen molar-refractivity contribution in [1.82, 2.24) is 19.8 Å². The van der Waals surface area contributed by atoms with Gasteiger partial charge < -0.3 is 24.3 Å². The Kier molecular flexibility index (Phi) is 6.13. The van der Waals surface area contributed by atoms with Crippen LogP contribution in [0.15, 0.2) is 42.5 Å². The van der Waals surface area contributed by atoms with E-state index in [9.17, 15) is 9.59 Å². The van der Waals surface area contributed by atoms with Crippen molar-refractivity contribution in [3.8, 4) is 11.5 Å². The van der Waals surface area contributed by atoms with Gasteiger partial charge in [0.05, 0.1) is 38.3 Å². The highest BCUT2D eigenvalue weighted by Crippen LogP contribution is 2.36. The molecule has 0 spiro atoms. The molecule has 8 nitrogen and oxygen atoms in total. The molecule has 1 aliphatic carbocycles. The number of imidazole rings is 1. The fourth-order valence-corrected chi connectivity index (χ4v) is 5.41. The van der Waals surface area contributed by atoms with Crippen molar-refractivity contribution in [2.45, 2.75) is 63.7 Å². The van der Waals surface area contributed by atoms with Crippen molar-refractivity contribution in [2.75, 3.05) is 14.2 Å². The van der Waals surface area contributed by atoms with E-state index in [4.69, 9.17) is 9.47 Å². The molecule has 5 rings (SSSR count). The number of aromatic nitrogens is 2. The van der Waals surface area contributed by atoms with Gasteiger partial charge in [-0.25, -0.2) is 4.98 Å². The number of benzene rings is 2. The Morgan fingerprint density at radius 2 is 1.86 bits per heavy atom. The first-order chi connectivity index (χ1) is 17.0. The first-order valence-electron chi connectivity index (χ1n) is 12.2. The minimum Gasteiger partial charge on any atom is -0.493 e. The Bertz CT molecular complexity index is 1260. The summed E-state index contributed by atoms with van der Waals surface area (Å²) < 4.78 is 13.0. The number of carbonyl (C=O) groups is 2. The standard InChI is InChI=1S/C27H32N4O4/c1-27(26(33)28-19-11-5-4-6-12-19)17-30-21-14-8-7-13-20(21)29-24(30)25(32)31(27)16-18-10-9-15-22(34-2)23(18)35-3/h7-10,13-15,19H,4-6,11-12,16-17H2,1-3H3,(H,28,33)/t27-/m0/s1. The molecule has 1 fully saturated rings. The highest BCUT2D eigenvalue weighted by molar-refractivity contribution is 6.01. The lowest BCUT2D eigenvalue weighted by Crippen LogP contribution is -2.64. The maximum atomic E-state index is 13.9. The summed E-state index contributed by atoms with van der Waals surface area (Å²) in [7, 11) is 3.16. The molecule has 2 amide bonds. The maximum absolute atomic E-state index is 13.9. The lowest BCUT2D eigenvalue weighted by atomic mass is 9.91. The van der Waals surface area contributed by atoms with Crippen LogP contribution in [0.4, 0.5) is 0 Å². The molecule has 3 aromatic rings. The van der Waals surface area contributed by atoms with E-state index in [1.807, 2.05) is 54.0 Å². The monoisotopic (exact) mass is 476 g/mol. The van der Waals surface area contributed by atoms with E-state index in [1.54, 1.807) is 19.1 Å². The molecule has 1 N–H and O–H groups in total. The van der Waals surface area contributed by atoms with E-state index in [2.05, 4.69) is 10.3 Å². The van der Waals surface area contributed by atoms with Crippen LogP contribution in [0.25, 0.3) is 11.0 Å². The number of para-hydroxylation sites is 3. The molecule has 1 aromatic heterocycles. The van der Waals surface area contributed by atoms with Crippen LogP contribution in [-0.4, -0.2) is 52.1 Å². The summed E-state index contributed by atoms with van der Waals surface area (Å²) in [4.78, 5) is 34.1. The van der Waals surface area contributed by atoms with Crippen LogP contribution in [0.3, 0.4) is 0 Å². The van der Waals surface area contributed by atoms with Gasteiger partial charge in [0.1, 0.15) is 5.54 Å². The van der Waals surface area contributed by atoms with Crippen LogP contribution in [0, 0.1) is 0 Å². The fraction of sp³-hybridized carbons (Fsp3) is 0.444. The van der Waals surface area contributed by atoms with Gasteiger partial charge in [0.2, 0.25) is 5.91 Å². The lowest BCUT2D eigenvalue weighted by molar-refractivity contribution is -0.134. The van der Waals surface area contributed by atoms with E-state index >= 15 is 0 Å². The summed E-state index contributed by atoms with van der Waals surface area (Å²) >= 11 is 0. The number of nitrogens with one attached hydrogen (secondary N) is 1. The largest absolute Gasteiger partial charge is 0.493 e. The molecule has 0 bridgehead atoms. The number of amides is 2. The Morgan fingerprint density at radius 3 is 2.60 bits per heavy atom. The number of nitrogens with zero attached hydrogens (tertiary/aromatic N) is 3. The van der Waals surface area contributed by atoms with E-state index in [0.29, 0.717) is 23.9 Å². The molecule has 2 aromatic carbocycles. The van der Waals surface area contributed by atoms with Crippen LogP contribution >= 0.6 is 0 Å². The summed E-state index contributed by atoms with van der Waals surface area (Å²) in [5, 5.41) is 3.27. The molecule has 1 aliphatic heterocycles. The third kappa shape index (κ3) is 4.00. The first-order valence-corrected chi connectivity index (χ1v) is 12.2. The van der Waals surface area contributed by atoms with E-state index < -0.39 is 5.54 Å². The third-order valence-corrected chi connectivity index (χ3v) is 7.40. The van der Waals surface area contributed by atoms with Crippen molar-refractivity contribution in [1.29, 1.82) is 0 Å².